The fourth-order valence-corrected chi connectivity index (χ4v) is 3.16. The molecule has 1 aromatic carbocycles. The van der Waals surface area contributed by atoms with E-state index in [4.69, 9.17) is 18.6 Å². The highest BCUT2D eigenvalue weighted by molar-refractivity contribution is 6.07. The molecule has 0 spiro atoms. The molecule has 8 nitrogen and oxygen atoms in total. The van der Waals surface area contributed by atoms with Gasteiger partial charge >= 0.3 is 17.6 Å². The van der Waals surface area contributed by atoms with Gasteiger partial charge in [0.15, 0.2) is 11.7 Å². The van der Waals surface area contributed by atoms with Crippen LogP contribution < -0.4 is 10.4 Å². The smallest absolute Gasteiger partial charge is 0.344 e. The molecule has 28 heavy (non-hydrogen) atoms. The van der Waals surface area contributed by atoms with E-state index >= 15 is 0 Å². The highest BCUT2D eigenvalue weighted by Crippen LogP contribution is 2.42. The van der Waals surface area contributed by atoms with Gasteiger partial charge in [0.1, 0.15) is 11.5 Å². The lowest BCUT2D eigenvalue weighted by atomic mass is 9.83. The lowest BCUT2D eigenvalue weighted by Crippen LogP contribution is -2.44. The van der Waals surface area contributed by atoms with Crippen LogP contribution in [0.25, 0.3) is 11.0 Å². The molecule has 1 aromatic heterocycles. The van der Waals surface area contributed by atoms with Gasteiger partial charge in [-0.15, -0.1) is 0 Å². The summed E-state index contributed by atoms with van der Waals surface area (Å²) in [7, 11) is 2.36. The number of methoxy groups -OCH3 is 2. The fourth-order valence-electron chi connectivity index (χ4n) is 3.16. The minimum Gasteiger partial charge on any atom is -0.469 e. The molecule has 0 saturated heterocycles. The third-order valence-electron chi connectivity index (χ3n) is 4.27. The lowest BCUT2D eigenvalue weighted by Gasteiger charge is -2.31. The Hall–Kier alpha value is -3.16. The van der Waals surface area contributed by atoms with Crippen molar-refractivity contribution < 1.29 is 28.2 Å². The van der Waals surface area contributed by atoms with Gasteiger partial charge in [-0.1, -0.05) is 12.1 Å². The van der Waals surface area contributed by atoms with Gasteiger partial charge in [0.25, 0.3) is 0 Å². The Kier molecular flexibility index (Phi) is 4.97. The van der Waals surface area contributed by atoms with Crippen LogP contribution >= 0.6 is 0 Å². The summed E-state index contributed by atoms with van der Waals surface area (Å²) in [6, 6.07) is 6.75. The summed E-state index contributed by atoms with van der Waals surface area (Å²) >= 11 is 0. The van der Waals surface area contributed by atoms with E-state index in [1.54, 1.807) is 24.3 Å². The summed E-state index contributed by atoms with van der Waals surface area (Å²) in [4.78, 5) is 42.4. The van der Waals surface area contributed by atoms with Crippen LogP contribution in [0.3, 0.4) is 0 Å². The SMILES string of the molecule is COC(=O)C1C(=NC(C)(C)C)Oc2c(c(=O)oc3ccccc23)C1C(=O)OC. The average Bonchev–Trinajstić information content (AvgIpc) is 2.64. The number of hydrogen-bond donors (Lipinski definition) is 0. The monoisotopic (exact) mass is 387 g/mol. The number of benzene rings is 1. The minimum absolute atomic E-state index is 0.0157. The zero-order valence-electron chi connectivity index (χ0n) is 16.3. The van der Waals surface area contributed by atoms with Crippen molar-refractivity contribution in [3.05, 3.63) is 40.2 Å². The van der Waals surface area contributed by atoms with E-state index in [2.05, 4.69) is 4.99 Å². The molecule has 0 aliphatic carbocycles. The van der Waals surface area contributed by atoms with Crippen LogP contribution in [-0.2, 0) is 19.1 Å². The molecule has 0 amide bonds. The second-order valence-corrected chi connectivity index (χ2v) is 7.35. The highest BCUT2D eigenvalue weighted by atomic mass is 16.5. The maximum Gasteiger partial charge on any atom is 0.344 e. The number of carbonyl (C=O) groups excluding carboxylic acids is 2. The molecular formula is C20H21NO7. The highest BCUT2D eigenvalue weighted by Gasteiger charge is 2.49. The Morgan fingerprint density at radius 1 is 1.04 bits per heavy atom. The first kappa shape index (κ1) is 19.6. The number of aliphatic imine (C=N–C) groups is 1. The van der Waals surface area contributed by atoms with Crippen molar-refractivity contribution >= 4 is 28.8 Å². The summed E-state index contributed by atoms with van der Waals surface area (Å²) in [5.41, 5.74) is -1.20. The first-order chi connectivity index (χ1) is 13.2. The number of ether oxygens (including phenoxy) is 3. The summed E-state index contributed by atoms with van der Waals surface area (Å²) in [5.74, 6) is -4.01. The Morgan fingerprint density at radius 3 is 2.25 bits per heavy atom. The third-order valence-corrected chi connectivity index (χ3v) is 4.27. The maximum atomic E-state index is 12.7. The van der Waals surface area contributed by atoms with Crippen LogP contribution in [0.15, 0.2) is 38.5 Å². The van der Waals surface area contributed by atoms with Crippen LogP contribution in [0.4, 0.5) is 0 Å². The quantitative estimate of drug-likeness (QED) is 0.576. The summed E-state index contributed by atoms with van der Waals surface area (Å²) in [6.45, 7) is 5.45. The molecule has 2 aromatic rings. The van der Waals surface area contributed by atoms with Crippen molar-refractivity contribution in [2.45, 2.75) is 32.2 Å². The molecule has 2 atom stereocenters. The van der Waals surface area contributed by atoms with Crippen molar-refractivity contribution in [1.82, 2.24) is 0 Å². The molecule has 0 fully saturated rings. The Morgan fingerprint density at radius 2 is 1.64 bits per heavy atom. The van der Waals surface area contributed by atoms with E-state index in [-0.39, 0.29) is 17.2 Å². The molecule has 8 heteroatoms. The molecule has 3 rings (SSSR count). The number of fused-ring (bicyclic) bond motifs is 3. The molecule has 0 N–H and O–H groups in total. The predicted octanol–water partition coefficient (Wildman–Crippen LogP) is 2.43. The molecule has 1 aliphatic heterocycles. The van der Waals surface area contributed by atoms with Crippen molar-refractivity contribution in [2.24, 2.45) is 10.9 Å². The summed E-state index contributed by atoms with van der Waals surface area (Å²) < 4.78 is 21.0. The first-order valence-corrected chi connectivity index (χ1v) is 8.67. The first-order valence-electron chi connectivity index (χ1n) is 8.67. The van der Waals surface area contributed by atoms with Crippen LogP contribution in [0.2, 0.25) is 0 Å². The maximum absolute atomic E-state index is 12.7. The molecule has 148 valence electrons. The lowest BCUT2D eigenvalue weighted by molar-refractivity contribution is -0.152. The number of para-hydroxylation sites is 1. The second-order valence-electron chi connectivity index (χ2n) is 7.35. The molecule has 1 aliphatic rings. The zero-order valence-corrected chi connectivity index (χ0v) is 16.3. The van der Waals surface area contributed by atoms with E-state index in [1.165, 1.54) is 14.2 Å². The van der Waals surface area contributed by atoms with E-state index < -0.39 is 34.9 Å². The van der Waals surface area contributed by atoms with Crippen LogP contribution in [0.5, 0.6) is 5.75 Å². The molecule has 0 radical (unpaired) electrons. The van der Waals surface area contributed by atoms with Gasteiger partial charge in [0, 0.05) is 0 Å². The van der Waals surface area contributed by atoms with Gasteiger partial charge in [-0.25, -0.2) is 9.79 Å². The van der Waals surface area contributed by atoms with Gasteiger partial charge in [-0.2, -0.15) is 0 Å². The zero-order chi connectivity index (χ0) is 20.6. The Bertz CT molecular complexity index is 1030. The molecular weight excluding hydrogens is 366 g/mol. The number of hydrogen-bond acceptors (Lipinski definition) is 8. The predicted molar refractivity (Wildman–Crippen MR) is 101 cm³/mol. The number of rotatable bonds is 2. The van der Waals surface area contributed by atoms with Crippen LogP contribution in [-0.4, -0.2) is 37.6 Å². The Labute approximate surface area is 161 Å². The van der Waals surface area contributed by atoms with Gasteiger partial charge in [-0.3, -0.25) is 9.59 Å². The molecule has 0 bridgehead atoms. The molecule has 0 saturated carbocycles. The van der Waals surface area contributed by atoms with E-state index in [1.807, 2.05) is 20.8 Å². The summed E-state index contributed by atoms with van der Waals surface area (Å²) in [6.07, 6.45) is 0. The van der Waals surface area contributed by atoms with Crippen molar-refractivity contribution in [2.75, 3.05) is 14.2 Å². The normalized spacial score (nSPS) is 20.4. The minimum atomic E-state index is -1.30. The molecule has 2 unspecified atom stereocenters. The van der Waals surface area contributed by atoms with E-state index in [0.717, 1.165) is 0 Å². The van der Waals surface area contributed by atoms with Crippen molar-refractivity contribution in [3.8, 4) is 5.75 Å². The number of carbonyl (C=O) groups is 2. The number of esters is 2. The van der Waals surface area contributed by atoms with Crippen LogP contribution in [0, 0.1) is 5.92 Å². The van der Waals surface area contributed by atoms with Crippen molar-refractivity contribution in [1.29, 1.82) is 0 Å². The van der Waals surface area contributed by atoms with Gasteiger partial charge in [0.05, 0.1) is 30.7 Å². The standard InChI is InChI=1S/C20H21NO7/c1-20(2,3)21-16-14(18(23)26-5)12(17(22)25-4)13-15(28-16)10-8-6-7-9-11(10)27-19(13)24/h6-9,12,14H,1-5H3. The van der Waals surface area contributed by atoms with Gasteiger partial charge in [-0.05, 0) is 32.9 Å². The fraction of sp³-hybridized carbons (Fsp3) is 0.400. The summed E-state index contributed by atoms with van der Waals surface area (Å²) in [5, 5.41) is 0.482. The van der Waals surface area contributed by atoms with Gasteiger partial charge < -0.3 is 18.6 Å². The topological polar surface area (TPSA) is 104 Å². The largest absolute Gasteiger partial charge is 0.469 e. The van der Waals surface area contributed by atoms with E-state index in [9.17, 15) is 14.4 Å². The molecule has 2 heterocycles. The third kappa shape index (κ3) is 3.37. The van der Waals surface area contributed by atoms with E-state index in [0.29, 0.717) is 11.0 Å². The number of nitrogens with zero attached hydrogens (tertiary/aromatic N) is 1. The van der Waals surface area contributed by atoms with Crippen molar-refractivity contribution in [3.63, 3.8) is 0 Å². The van der Waals surface area contributed by atoms with Crippen LogP contribution in [0.1, 0.15) is 32.3 Å². The van der Waals surface area contributed by atoms with Gasteiger partial charge in [0.2, 0.25) is 5.90 Å². The average molecular weight is 387 g/mol. The second kappa shape index (κ2) is 7.10. The Balaban J connectivity index is 2.39.